The van der Waals surface area contributed by atoms with Crippen molar-refractivity contribution in [1.29, 1.82) is 0 Å². The van der Waals surface area contributed by atoms with E-state index in [9.17, 15) is 4.79 Å². The van der Waals surface area contributed by atoms with Crippen molar-refractivity contribution in [3.05, 3.63) is 59.2 Å². The predicted octanol–water partition coefficient (Wildman–Crippen LogP) is 3.26. The molecule has 1 amide bonds. The molecule has 0 atom stereocenters. The summed E-state index contributed by atoms with van der Waals surface area (Å²) in [5.74, 6) is 5.43. The van der Waals surface area contributed by atoms with Gasteiger partial charge in [-0.05, 0) is 56.2 Å². The van der Waals surface area contributed by atoms with Gasteiger partial charge < -0.3 is 10.3 Å². The maximum Gasteiger partial charge on any atom is 0.258 e. The molecule has 0 fully saturated rings. The maximum atomic E-state index is 12.8. The third kappa shape index (κ3) is 3.06. The van der Waals surface area contributed by atoms with Crippen molar-refractivity contribution in [2.45, 2.75) is 20.8 Å². The number of nitrogens with two attached hydrogens (primary N) is 1. The number of aryl methyl sites for hydroxylation is 2. The van der Waals surface area contributed by atoms with Crippen LogP contribution in [0.1, 0.15) is 28.4 Å². The molecule has 0 bridgehead atoms. The first-order chi connectivity index (χ1) is 10.1. The van der Waals surface area contributed by atoms with Gasteiger partial charge in [0.25, 0.3) is 5.91 Å². The van der Waals surface area contributed by atoms with Gasteiger partial charge in [-0.25, -0.2) is 0 Å². The zero-order valence-electron chi connectivity index (χ0n) is 12.7. The lowest BCUT2D eigenvalue weighted by atomic mass is 10.1. The smallest absolute Gasteiger partial charge is 0.258 e. The Morgan fingerprint density at radius 3 is 2.43 bits per heavy atom. The Labute approximate surface area is 125 Å². The molecule has 2 aromatic rings. The van der Waals surface area contributed by atoms with Crippen molar-refractivity contribution in [2.75, 3.05) is 16.9 Å². The second kappa shape index (κ2) is 6.41. The van der Waals surface area contributed by atoms with Crippen LogP contribution in [0.2, 0.25) is 0 Å². The average Bonchev–Trinajstić information content (AvgIpc) is 2.49. The van der Waals surface area contributed by atoms with Crippen molar-refractivity contribution < 1.29 is 4.79 Å². The van der Waals surface area contributed by atoms with Gasteiger partial charge in [-0.3, -0.25) is 10.6 Å². The molecule has 0 aliphatic heterocycles. The molecular formula is C17H21N3O. The quantitative estimate of drug-likeness (QED) is 0.669. The number of benzene rings is 2. The highest BCUT2D eigenvalue weighted by Crippen LogP contribution is 2.23. The zero-order chi connectivity index (χ0) is 15.4. The fourth-order valence-corrected chi connectivity index (χ4v) is 2.40. The van der Waals surface area contributed by atoms with E-state index in [1.165, 1.54) is 0 Å². The zero-order valence-corrected chi connectivity index (χ0v) is 12.7. The molecule has 0 aliphatic carbocycles. The van der Waals surface area contributed by atoms with Crippen molar-refractivity contribution in [1.82, 2.24) is 0 Å². The van der Waals surface area contributed by atoms with Gasteiger partial charge in [0.15, 0.2) is 0 Å². The van der Waals surface area contributed by atoms with E-state index in [1.807, 2.05) is 57.2 Å². The Kier molecular flexibility index (Phi) is 4.60. The number of nitrogens with one attached hydrogen (secondary N) is 1. The molecule has 3 N–H and O–H groups in total. The Bertz CT molecular complexity index is 652. The molecule has 0 unspecified atom stereocenters. The second-order valence-electron chi connectivity index (χ2n) is 5.01. The van der Waals surface area contributed by atoms with Crippen LogP contribution < -0.4 is 16.2 Å². The number of nitrogen functional groups attached to an aromatic ring is 1. The number of rotatable bonds is 4. The molecule has 0 spiro atoms. The first kappa shape index (κ1) is 15.1. The van der Waals surface area contributed by atoms with Crippen LogP contribution in [-0.2, 0) is 0 Å². The molecule has 0 saturated heterocycles. The van der Waals surface area contributed by atoms with E-state index in [0.717, 1.165) is 22.5 Å². The number of carbonyl (C=O) groups is 1. The first-order valence-electron chi connectivity index (χ1n) is 7.03. The number of nitrogens with zero attached hydrogens (tertiary/aromatic N) is 1. The van der Waals surface area contributed by atoms with Crippen LogP contribution in [0.3, 0.4) is 0 Å². The molecule has 21 heavy (non-hydrogen) atoms. The van der Waals surface area contributed by atoms with Crippen molar-refractivity contribution in [3.63, 3.8) is 0 Å². The number of hydrazine groups is 1. The summed E-state index contributed by atoms with van der Waals surface area (Å²) in [6.45, 7) is 6.54. The van der Waals surface area contributed by atoms with E-state index in [0.29, 0.717) is 12.1 Å². The minimum absolute atomic E-state index is 0.00142. The molecule has 0 heterocycles. The summed E-state index contributed by atoms with van der Waals surface area (Å²) in [6.07, 6.45) is 0. The van der Waals surface area contributed by atoms with E-state index < -0.39 is 0 Å². The third-order valence-electron chi connectivity index (χ3n) is 3.60. The number of para-hydroxylation sites is 1. The number of hydrogen-bond acceptors (Lipinski definition) is 3. The molecule has 2 aromatic carbocycles. The number of amides is 1. The van der Waals surface area contributed by atoms with Crippen LogP contribution in [0.25, 0.3) is 0 Å². The van der Waals surface area contributed by atoms with E-state index in [2.05, 4.69) is 5.43 Å². The molecule has 4 heteroatoms. The molecule has 110 valence electrons. The summed E-state index contributed by atoms with van der Waals surface area (Å²) in [5, 5.41) is 0. The van der Waals surface area contributed by atoms with Gasteiger partial charge in [-0.2, -0.15) is 0 Å². The summed E-state index contributed by atoms with van der Waals surface area (Å²) >= 11 is 0. The van der Waals surface area contributed by atoms with Gasteiger partial charge >= 0.3 is 0 Å². The van der Waals surface area contributed by atoms with Gasteiger partial charge in [0, 0.05) is 17.8 Å². The fourth-order valence-electron chi connectivity index (χ4n) is 2.40. The van der Waals surface area contributed by atoms with Crippen LogP contribution in [0.4, 0.5) is 11.4 Å². The topological polar surface area (TPSA) is 58.4 Å². The minimum Gasteiger partial charge on any atom is -0.324 e. The molecule has 4 nitrogen and oxygen atoms in total. The first-order valence-corrected chi connectivity index (χ1v) is 7.03. The number of carbonyl (C=O) groups excluding carboxylic acids is 1. The van der Waals surface area contributed by atoms with Gasteiger partial charge in [0.2, 0.25) is 0 Å². The molecule has 0 aliphatic rings. The lowest BCUT2D eigenvalue weighted by Crippen LogP contribution is -2.31. The molecule has 2 rings (SSSR count). The van der Waals surface area contributed by atoms with Crippen molar-refractivity contribution in [2.24, 2.45) is 5.84 Å². The Hall–Kier alpha value is -2.33. The van der Waals surface area contributed by atoms with Crippen molar-refractivity contribution >= 4 is 17.3 Å². The standard InChI is InChI=1S/C17H21N3O/c1-4-20(16-8-6-5-7-12(16)2)17(21)14-9-10-15(19-18)13(3)11-14/h5-11,19H,4,18H2,1-3H3. The van der Waals surface area contributed by atoms with Crippen LogP contribution >= 0.6 is 0 Å². The Morgan fingerprint density at radius 1 is 1.14 bits per heavy atom. The van der Waals surface area contributed by atoms with Crippen LogP contribution in [0.5, 0.6) is 0 Å². The highest BCUT2D eigenvalue weighted by Gasteiger charge is 2.18. The van der Waals surface area contributed by atoms with Crippen molar-refractivity contribution in [3.8, 4) is 0 Å². The molecule has 0 aromatic heterocycles. The SMILES string of the molecule is CCN(C(=O)c1ccc(NN)c(C)c1)c1ccccc1C. The molecular weight excluding hydrogens is 262 g/mol. The highest BCUT2D eigenvalue weighted by atomic mass is 16.2. The van der Waals surface area contributed by atoms with Crippen LogP contribution in [-0.4, -0.2) is 12.5 Å². The lowest BCUT2D eigenvalue weighted by Gasteiger charge is -2.23. The van der Waals surface area contributed by atoms with E-state index in [-0.39, 0.29) is 5.91 Å². The Balaban J connectivity index is 2.37. The highest BCUT2D eigenvalue weighted by molar-refractivity contribution is 6.06. The third-order valence-corrected chi connectivity index (χ3v) is 3.60. The van der Waals surface area contributed by atoms with Gasteiger partial charge in [0.05, 0.1) is 5.69 Å². The average molecular weight is 283 g/mol. The van der Waals surface area contributed by atoms with Gasteiger partial charge in [-0.15, -0.1) is 0 Å². The number of hydrogen-bond donors (Lipinski definition) is 2. The summed E-state index contributed by atoms with van der Waals surface area (Å²) < 4.78 is 0. The normalized spacial score (nSPS) is 10.3. The van der Waals surface area contributed by atoms with E-state index >= 15 is 0 Å². The van der Waals surface area contributed by atoms with E-state index in [4.69, 9.17) is 5.84 Å². The van der Waals surface area contributed by atoms with Crippen LogP contribution in [0, 0.1) is 13.8 Å². The van der Waals surface area contributed by atoms with Crippen LogP contribution in [0.15, 0.2) is 42.5 Å². The summed E-state index contributed by atoms with van der Waals surface area (Å²) in [7, 11) is 0. The summed E-state index contributed by atoms with van der Waals surface area (Å²) in [6, 6.07) is 13.4. The summed E-state index contributed by atoms with van der Waals surface area (Å²) in [5.41, 5.74) is 7.09. The number of anilines is 2. The predicted molar refractivity (Wildman–Crippen MR) is 87.5 cm³/mol. The summed E-state index contributed by atoms with van der Waals surface area (Å²) in [4.78, 5) is 14.5. The second-order valence-corrected chi connectivity index (χ2v) is 5.01. The van der Waals surface area contributed by atoms with Gasteiger partial charge in [-0.1, -0.05) is 18.2 Å². The lowest BCUT2D eigenvalue weighted by molar-refractivity contribution is 0.0988. The largest absolute Gasteiger partial charge is 0.324 e. The molecule has 0 radical (unpaired) electrons. The van der Waals surface area contributed by atoms with Gasteiger partial charge in [0.1, 0.15) is 0 Å². The Morgan fingerprint density at radius 2 is 1.86 bits per heavy atom. The monoisotopic (exact) mass is 283 g/mol. The maximum absolute atomic E-state index is 12.8. The molecule has 0 saturated carbocycles. The van der Waals surface area contributed by atoms with E-state index in [1.54, 1.807) is 11.0 Å². The fraction of sp³-hybridized carbons (Fsp3) is 0.235. The minimum atomic E-state index is -0.00142.